The molecule has 1 aliphatic carbocycles. The monoisotopic (exact) mass is 483 g/mol. The molecule has 184 valence electrons. The van der Waals surface area contributed by atoms with E-state index in [1.807, 2.05) is 66.7 Å². The molecule has 0 saturated carbocycles. The molecule has 1 heterocycles. The van der Waals surface area contributed by atoms with Gasteiger partial charge in [0.25, 0.3) is 0 Å². The minimum Gasteiger partial charge on any atom is -0.493 e. The average molecular weight is 484 g/mol. The number of hydrogen-bond donors (Lipinski definition) is 3. The second kappa shape index (κ2) is 9.77. The third-order valence-electron chi connectivity index (χ3n) is 6.76. The van der Waals surface area contributed by atoms with Crippen LogP contribution < -0.4 is 25.4 Å². The fourth-order valence-corrected chi connectivity index (χ4v) is 5.06. The Kier molecular flexibility index (Phi) is 6.38. The molecule has 7 nitrogen and oxygen atoms in total. The summed E-state index contributed by atoms with van der Waals surface area (Å²) in [5.74, 6) is 0.839. The lowest BCUT2D eigenvalue weighted by Gasteiger charge is -2.32. The first kappa shape index (κ1) is 23.5. The van der Waals surface area contributed by atoms with Gasteiger partial charge in [-0.1, -0.05) is 36.4 Å². The van der Waals surface area contributed by atoms with Crippen molar-refractivity contribution in [3.05, 3.63) is 89.6 Å². The summed E-state index contributed by atoms with van der Waals surface area (Å²) >= 11 is 0. The summed E-state index contributed by atoms with van der Waals surface area (Å²) in [5, 5.41) is 9.95. The molecule has 3 atom stereocenters. The normalized spacial score (nSPS) is 20.5. The molecule has 0 fully saturated rings. The van der Waals surface area contributed by atoms with Crippen LogP contribution >= 0.6 is 0 Å². The number of Topliss-reactive ketones (excluding diaryl/α,β-unsaturated/α-hetero) is 1. The van der Waals surface area contributed by atoms with Gasteiger partial charge < -0.3 is 25.4 Å². The van der Waals surface area contributed by atoms with Gasteiger partial charge in [-0.25, -0.2) is 0 Å². The number of nitrogens with one attached hydrogen (secondary N) is 3. The van der Waals surface area contributed by atoms with Crippen LogP contribution in [-0.4, -0.2) is 25.9 Å². The number of fused-ring (bicyclic) bond motifs is 2. The van der Waals surface area contributed by atoms with E-state index in [0.717, 1.165) is 33.9 Å². The average Bonchev–Trinajstić information content (AvgIpc) is 3.05. The van der Waals surface area contributed by atoms with Crippen molar-refractivity contribution >= 4 is 28.8 Å². The number of rotatable bonds is 5. The summed E-state index contributed by atoms with van der Waals surface area (Å²) in [4.78, 5) is 25.2. The molecule has 0 radical (unpaired) electrons. The number of carbonyl (C=O) groups excluding carboxylic acids is 2. The first-order chi connectivity index (χ1) is 17.5. The van der Waals surface area contributed by atoms with Gasteiger partial charge in [0, 0.05) is 30.6 Å². The van der Waals surface area contributed by atoms with Crippen molar-refractivity contribution in [2.45, 2.75) is 25.3 Å². The van der Waals surface area contributed by atoms with E-state index in [1.165, 1.54) is 6.92 Å². The molecule has 1 amide bonds. The van der Waals surface area contributed by atoms with E-state index in [-0.39, 0.29) is 29.6 Å². The van der Waals surface area contributed by atoms with E-state index >= 15 is 0 Å². The SMILES string of the molecule is COc1ccc(C2C=C3Nc4ccccc4NC(c4ccc(NC(C)=O)cc4)C3C(=O)C2)cc1OC. The predicted octanol–water partition coefficient (Wildman–Crippen LogP) is 5.50. The third-order valence-corrected chi connectivity index (χ3v) is 6.76. The molecule has 36 heavy (non-hydrogen) atoms. The Labute approximate surface area is 210 Å². The Morgan fingerprint density at radius 1 is 0.917 bits per heavy atom. The van der Waals surface area contributed by atoms with Gasteiger partial charge in [-0.15, -0.1) is 0 Å². The fraction of sp³-hybridized carbons (Fsp3) is 0.241. The molecule has 0 spiro atoms. The lowest BCUT2D eigenvalue weighted by atomic mass is 9.76. The number of allylic oxidation sites excluding steroid dienone is 1. The first-order valence-electron chi connectivity index (χ1n) is 11.9. The maximum Gasteiger partial charge on any atom is 0.221 e. The highest BCUT2D eigenvalue weighted by Crippen LogP contribution is 2.45. The predicted molar refractivity (Wildman–Crippen MR) is 141 cm³/mol. The second-order valence-electron chi connectivity index (χ2n) is 9.09. The zero-order valence-corrected chi connectivity index (χ0v) is 20.5. The number of amides is 1. The van der Waals surface area contributed by atoms with E-state index in [9.17, 15) is 9.59 Å². The van der Waals surface area contributed by atoms with Crippen molar-refractivity contribution in [3.8, 4) is 11.5 Å². The minimum absolute atomic E-state index is 0.0934. The number of carbonyl (C=O) groups is 2. The van der Waals surface area contributed by atoms with E-state index in [1.54, 1.807) is 14.2 Å². The van der Waals surface area contributed by atoms with Gasteiger partial charge in [-0.3, -0.25) is 9.59 Å². The summed E-state index contributed by atoms with van der Waals surface area (Å²) in [6, 6.07) is 21.2. The highest BCUT2D eigenvalue weighted by molar-refractivity contribution is 5.91. The number of benzene rings is 3. The molecule has 0 saturated heterocycles. The van der Waals surface area contributed by atoms with Crippen molar-refractivity contribution in [2.24, 2.45) is 5.92 Å². The van der Waals surface area contributed by atoms with E-state index in [0.29, 0.717) is 17.9 Å². The molecule has 0 bridgehead atoms. The van der Waals surface area contributed by atoms with Crippen LogP contribution in [0.25, 0.3) is 0 Å². The molecule has 2 aliphatic rings. The van der Waals surface area contributed by atoms with Crippen molar-refractivity contribution < 1.29 is 19.1 Å². The maximum atomic E-state index is 13.8. The second-order valence-corrected chi connectivity index (χ2v) is 9.09. The molecule has 3 unspecified atom stereocenters. The molecule has 3 aromatic rings. The number of ether oxygens (including phenoxy) is 2. The molecular weight excluding hydrogens is 454 g/mol. The largest absolute Gasteiger partial charge is 0.493 e. The number of para-hydroxylation sites is 2. The Morgan fingerprint density at radius 2 is 1.61 bits per heavy atom. The standard InChI is InChI=1S/C29H29N3O4/c1-17(33)30-21-11-8-18(9-12-21)29-28-24(31-22-6-4-5-7-23(22)32-29)14-20(15-25(28)34)19-10-13-26(35-2)27(16-19)36-3/h4-14,16,20,28-29,31-32H,15H2,1-3H3,(H,30,33). The Balaban J connectivity index is 1.55. The highest BCUT2D eigenvalue weighted by Gasteiger charge is 2.39. The number of anilines is 3. The van der Waals surface area contributed by atoms with Gasteiger partial charge in [-0.2, -0.15) is 0 Å². The van der Waals surface area contributed by atoms with E-state index < -0.39 is 0 Å². The van der Waals surface area contributed by atoms with Crippen LogP contribution in [0.2, 0.25) is 0 Å². The lowest BCUT2D eigenvalue weighted by Crippen LogP contribution is -2.33. The Bertz CT molecular complexity index is 1330. The topological polar surface area (TPSA) is 88.7 Å². The summed E-state index contributed by atoms with van der Waals surface area (Å²) < 4.78 is 10.9. The molecule has 3 N–H and O–H groups in total. The summed E-state index contributed by atoms with van der Waals surface area (Å²) in [7, 11) is 3.22. The summed E-state index contributed by atoms with van der Waals surface area (Å²) in [6.07, 6.45) is 2.54. The highest BCUT2D eigenvalue weighted by atomic mass is 16.5. The van der Waals surface area contributed by atoms with Crippen molar-refractivity contribution in [2.75, 3.05) is 30.2 Å². The summed E-state index contributed by atoms with van der Waals surface area (Å²) in [6.45, 7) is 1.48. The molecule has 7 heteroatoms. The van der Waals surface area contributed by atoms with Gasteiger partial charge in [0.2, 0.25) is 5.91 Å². The van der Waals surface area contributed by atoms with Crippen molar-refractivity contribution in [3.63, 3.8) is 0 Å². The van der Waals surface area contributed by atoms with Gasteiger partial charge in [-0.05, 0) is 47.5 Å². The first-order valence-corrected chi connectivity index (χ1v) is 11.9. The number of methoxy groups -OCH3 is 2. The van der Waals surface area contributed by atoms with Crippen LogP contribution in [-0.2, 0) is 9.59 Å². The van der Waals surface area contributed by atoms with Crippen molar-refractivity contribution in [1.29, 1.82) is 0 Å². The van der Waals surface area contributed by atoms with Gasteiger partial charge in [0.05, 0.1) is 37.6 Å². The molecule has 3 aromatic carbocycles. The van der Waals surface area contributed by atoms with Crippen LogP contribution in [0.4, 0.5) is 17.1 Å². The van der Waals surface area contributed by atoms with Crippen LogP contribution in [0.5, 0.6) is 11.5 Å². The zero-order chi connectivity index (χ0) is 25.2. The Morgan fingerprint density at radius 3 is 2.31 bits per heavy atom. The van der Waals surface area contributed by atoms with Crippen LogP contribution in [0.3, 0.4) is 0 Å². The fourth-order valence-electron chi connectivity index (χ4n) is 5.06. The smallest absolute Gasteiger partial charge is 0.221 e. The number of ketones is 1. The molecule has 5 rings (SSSR count). The maximum absolute atomic E-state index is 13.8. The van der Waals surface area contributed by atoms with Gasteiger partial charge >= 0.3 is 0 Å². The van der Waals surface area contributed by atoms with Gasteiger partial charge in [0.15, 0.2) is 11.5 Å². The zero-order valence-electron chi connectivity index (χ0n) is 20.5. The molecular formula is C29H29N3O4. The Hall–Kier alpha value is -4.26. The van der Waals surface area contributed by atoms with E-state index in [4.69, 9.17) is 9.47 Å². The molecule has 0 aromatic heterocycles. The summed E-state index contributed by atoms with van der Waals surface area (Å²) in [5.41, 5.74) is 5.41. The quantitative estimate of drug-likeness (QED) is 0.444. The lowest BCUT2D eigenvalue weighted by molar-refractivity contribution is -0.122. The molecule has 1 aliphatic heterocycles. The van der Waals surface area contributed by atoms with Crippen LogP contribution in [0.1, 0.15) is 36.4 Å². The minimum atomic E-state index is -0.389. The van der Waals surface area contributed by atoms with E-state index in [2.05, 4.69) is 22.0 Å². The number of hydrogen-bond acceptors (Lipinski definition) is 6. The van der Waals surface area contributed by atoms with Crippen LogP contribution in [0.15, 0.2) is 78.5 Å². The van der Waals surface area contributed by atoms with Crippen molar-refractivity contribution in [1.82, 2.24) is 0 Å². The third kappa shape index (κ3) is 4.52. The van der Waals surface area contributed by atoms with Gasteiger partial charge in [0.1, 0.15) is 5.78 Å². The van der Waals surface area contributed by atoms with Crippen LogP contribution in [0, 0.1) is 5.92 Å².